The van der Waals surface area contributed by atoms with E-state index in [1.54, 1.807) is 0 Å². The first-order chi connectivity index (χ1) is 10.5. The van der Waals surface area contributed by atoms with Crippen LogP contribution in [0.2, 0.25) is 0 Å². The van der Waals surface area contributed by atoms with Gasteiger partial charge in [-0.05, 0) is 64.6 Å². The molecule has 112 valence electrons. The molecule has 0 aliphatic rings. The molecule has 0 aliphatic carbocycles. The van der Waals surface area contributed by atoms with Crippen molar-refractivity contribution in [3.05, 3.63) is 63.5 Å². The second kappa shape index (κ2) is 7.64. The molecule has 0 fully saturated rings. The monoisotopic (exact) mass is 411 g/mol. The maximum atomic E-state index is 12.7. The highest BCUT2D eigenvalue weighted by Gasteiger charge is 2.12. The lowest BCUT2D eigenvalue weighted by atomic mass is 10.2. The van der Waals surface area contributed by atoms with Crippen LogP contribution in [-0.2, 0) is 9.59 Å². The van der Waals surface area contributed by atoms with Crippen molar-refractivity contribution in [3.8, 4) is 0 Å². The van der Waals surface area contributed by atoms with E-state index in [4.69, 9.17) is 0 Å². The van der Waals surface area contributed by atoms with Gasteiger partial charge in [-0.15, -0.1) is 0 Å². The van der Waals surface area contributed by atoms with E-state index in [2.05, 4.69) is 38.4 Å². The van der Waals surface area contributed by atoms with Crippen LogP contribution in [-0.4, -0.2) is 18.0 Å². The molecule has 0 atom stereocenters. The second-order valence-electron chi connectivity index (χ2n) is 4.22. The van der Waals surface area contributed by atoms with E-state index in [0.717, 1.165) is 9.13 Å². The molecule has 5 nitrogen and oxygen atoms in total. The number of benzene rings is 2. The average molecular weight is 411 g/mol. The lowest BCUT2D eigenvalue weighted by molar-refractivity contribution is -0.136. The molecule has 0 heterocycles. The Kier molecular flexibility index (Phi) is 5.59. The smallest absolute Gasteiger partial charge is 0.318 e. The van der Waals surface area contributed by atoms with Crippen LogP contribution < -0.4 is 10.7 Å². The first-order valence-electron chi connectivity index (χ1n) is 6.20. The lowest BCUT2D eigenvalue weighted by Gasteiger charge is -2.03. The van der Waals surface area contributed by atoms with Gasteiger partial charge in [-0.25, -0.2) is 9.82 Å². The summed E-state index contributed by atoms with van der Waals surface area (Å²) < 4.78 is 13.8. The molecular formula is C15H11FIN3O2. The van der Waals surface area contributed by atoms with Gasteiger partial charge in [-0.1, -0.05) is 12.1 Å². The highest BCUT2D eigenvalue weighted by molar-refractivity contribution is 14.1. The van der Waals surface area contributed by atoms with Gasteiger partial charge in [-0.3, -0.25) is 9.59 Å². The van der Waals surface area contributed by atoms with Crippen molar-refractivity contribution in [2.75, 3.05) is 5.32 Å². The van der Waals surface area contributed by atoms with Crippen molar-refractivity contribution in [1.82, 2.24) is 5.43 Å². The Morgan fingerprint density at radius 2 is 1.82 bits per heavy atom. The predicted molar refractivity (Wildman–Crippen MR) is 89.9 cm³/mol. The van der Waals surface area contributed by atoms with Gasteiger partial charge in [0.15, 0.2) is 0 Å². The minimum absolute atomic E-state index is 0.322. The molecule has 0 spiro atoms. The maximum absolute atomic E-state index is 12.7. The van der Waals surface area contributed by atoms with Gasteiger partial charge < -0.3 is 5.32 Å². The summed E-state index contributed by atoms with van der Waals surface area (Å²) in [6.45, 7) is 0. The lowest BCUT2D eigenvalue weighted by Crippen LogP contribution is -2.32. The van der Waals surface area contributed by atoms with Crippen LogP contribution in [0.3, 0.4) is 0 Å². The fourth-order valence-electron chi connectivity index (χ4n) is 1.52. The van der Waals surface area contributed by atoms with Gasteiger partial charge in [0.05, 0.1) is 6.21 Å². The fourth-order valence-corrected chi connectivity index (χ4v) is 2.09. The summed E-state index contributed by atoms with van der Waals surface area (Å²) in [5.74, 6) is -2.22. The van der Waals surface area contributed by atoms with Crippen molar-refractivity contribution >= 4 is 46.3 Å². The van der Waals surface area contributed by atoms with E-state index in [-0.39, 0.29) is 0 Å². The Bertz CT molecular complexity index is 717. The average Bonchev–Trinajstić information content (AvgIpc) is 2.49. The quantitative estimate of drug-likeness (QED) is 0.353. The van der Waals surface area contributed by atoms with Crippen LogP contribution in [0.5, 0.6) is 0 Å². The Morgan fingerprint density at radius 1 is 1.09 bits per heavy atom. The first kappa shape index (κ1) is 16.1. The maximum Gasteiger partial charge on any atom is 0.329 e. The highest BCUT2D eigenvalue weighted by atomic mass is 127. The Labute approximate surface area is 139 Å². The minimum Gasteiger partial charge on any atom is -0.318 e. The third kappa shape index (κ3) is 4.92. The van der Waals surface area contributed by atoms with Gasteiger partial charge in [0.2, 0.25) is 0 Å². The number of hydrogen-bond acceptors (Lipinski definition) is 3. The van der Waals surface area contributed by atoms with Crippen molar-refractivity contribution in [1.29, 1.82) is 0 Å². The Balaban J connectivity index is 1.89. The van der Waals surface area contributed by atoms with Crippen LogP contribution in [0.1, 0.15) is 5.56 Å². The number of halogens is 2. The molecule has 0 unspecified atom stereocenters. The van der Waals surface area contributed by atoms with Crippen LogP contribution in [0.15, 0.2) is 53.6 Å². The van der Waals surface area contributed by atoms with Gasteiger partial charge in [-0.2, -0.15) is 5.10 Å². The molecule has 0 radical (unpaired) electrons. The molecular weight excluding hydrogens is 400 g/mol. The standard InChI is InChI=1S/C15H11FIN3O2/c16-11-4-6-13(7-5-11)19-14(21)15(22)20-18-9-10-2-1-3-12(17)8-10/h1-9H,(H,19,21)(H,20,22). The summed E-state index contributed by atoms with van der Waals surface area (Å²) in [6.07, 6.45) is 1.44. The summed E-state index contributed by atoms with van der Waals surface area (Å²) in [6, 6.07) is 12.5. The summed E-state index contributed by atoms with van der Waals surface area (Å²) in [5, 5.41) is 6.04. The predicted octanol–water partition coefficient (Wildman–Crippen LogP) is 2.52. The SMILES string of the molecule is O=C(NN=Cc1cccc(I)c1)C(=O)Nc1ccc(F)cc1. The third-order valence-electron chi connectivity index (χ3n) is 2.54. The topological polar surface area (TPSA) is 70.6 Å². The molecule has 2 rings (SSSR count). The fraction of sp³-hybridized carbons (Fsp3) is 0. The van der Waals surface area contributed by atoms with Crippen molar-refractivity contribution in [3.63, 3.8) is 0 Å². The summed E-state index contributed by atoms with van der Waals surface area (Å²) >= 11 is 2.16. The van der Waals surface area contributed by atoms with Crippen LogP contribution in [0, 0.1) is 9.39 Å². The molecule has 2 aromatic carbocycles. The Morgan fingerprint density at radius 3 is 2.50 bits per heavy atom. The number of hydrogen-bond donors (Lipinski definition) is 2. The molecule has 2 N–H and O–H groups in total. The van der Waals surface area contributed by atoms with Gasteiger partial charge in [0, 0.05) is 9.26 Å². The molecule has 0 bridgehead atoms. The van der Waals surface area contributed by atoms with Crippen LogP contribution in [0.4, 0.5) is 10.1 Å². The van der Waals surface area contributed by atoms with Crippen molar-refractivity contribution < 1.29 is 14.0 Å². The largest absolute Gasteiger partial charge is 0.329 e. The van der Waals surface area contributed by atoms with E-state index < -0.39 is 17.6 Å². The zero-order valence-corrected chi connectivity index (χ0v) is 13.4. The third-order valence-corrected chi connectivity index (χ3v) is 3.21. The zero-order chi connectivity index (χ0) is 15.9. The number of carbonyl (C=O) groups is 2. The summed E-state index contributed by atoms with van der Waals surface area (Å²) in [4.78, 5) is 23.2. The van der Waals surface area contributed by atoms with E-state index >= 15 is 0 Å². The van der Waals surface area contributed by atoms with E-state index in [1.165, 1.54) is 30.5 Å². The molecule has 0 aliphatic heterocycles. The van der Waals surface area contributed by atoms with Gasteiger partial charge >= 0.3 is 11.8 Å². The number of anilines is 1. The first-order valence-corrected chi connectivity index (χ1v) is 7.28. The number of rotatable bonds is 3. The van der Waals surface area contributed by atoms with E-state index in [0.29, 0.717) is 5.69 Å². The molecule has 2 amide bonds. The molecule has 0 aromatic heterocycles. The van der Waals surface area contributed by atoms with E-state index in [1.807, 2.05) is 24.3 Å². The van der Waals surface area contributed by atoms with Crippen LogP contribution >= 0.6 is 22.6 Å². The Hall–Kier alpha value is -2.29. The normalized spacial score (nSPS) is 10.5. The number of amides is 2. The molecule has 2 aromatic rings. The van der Waals surface area contributed by atoms with Crippen molar-refractivity contribution in [2.24, 2.45) is 5.10 Å². The number of nitrogens with zero attached hydrogens (tertiary/aromatic N) is 1. The summed E-state index contributed by atoms with van der Waals surface area (Å²) in [7, 11) is 0. The minimum atomic E-state index is -0.911. The number of nitrogens with one attached hydrogen (secondary N) is 2. The molecule has 0 saturated heterocycles. The van der Waals surface area contributed by atoms with Gasteiger partial charge in [0.1, 0.15) is 5.82 Å². The number of hydrazone groups is 1. The zero-order valence-electron chi connectivity index (χ0n) is 11.2. The van der Waals surface area contributed by atoms with E-state index in [9.17, 15) is 14.0 Å². The molecule has 22 heavy (non-hydrogen) atoms. The summed E-state index contributed by atoms with van der Waals surface area (Å²) in [5.41, 5.74) is 3.24. The molecule has 7 heteroatoms. The molecule has 0 saturated carbocycles. The number of carbonyl (C=O) groups excluding carboxylic acids is 2. The highest BCUT2D eigenvalue weighted by Crippen LogP contribution is 2.08. The second-order valence-corrected chi connectivity index (χ2v) is 5.46. The van der Waals surface area contributed by atoms with Gasteiger partial charge in [0.25, 0.3) is 0 Å². The van der Waals surface area contributed by atoms with Crippen LogP contribution in [0.25, 0.3) is 0 Å². The van der Waals surface area contributed by atoms with Crippen molar-refractivity contribution in [2.45, 2.75) is 0 Å².